The molecule has 6 nitrogen and oxygen atoms in total. The zero-order chi connectivity index (χ0) is 15.7. The van der Waals surface area contributed by atoms with Crippen molar-refractivity contribution in [2.24, 2.45) is 0 Å². The molecule has 0 saturated carbocycles. The number of amides is 2. The van der Waals surface area contributed by atoms with Gasteiger partial charge in [0.25, 0.3) is 5.91 Å². The van der Waals surface area contributed by atoms with E-state index in [-0.39, 0.29) is 24.2 Å². The summed E-state index contributed by atoms with van der Waals surface area (Å²) < 4.78 is 4.53. The van der Waals surface area contributed by atoms with Gasteiger partial charge in [0.05, 0.1) is 7.11 Å². The van der Waals surface area contributed by atoms with Crippen molar-refractivity contribution in [3.63, 3.8) is 0 Å². The van der Waals surface area contributed by atoms with E-state index in [4.69, 9.17) is 0 Å². The zero-order valence-electron chi connectivity index (χ0n) is 12.3. The minimum absolute atomic E-state index is 0.0644. The lowest BCUT2D eigenvalue weighted by atomic mass is 10.2. The van der Waals surface area contributed by atoms with Crippen molar-refractivity contribution in [2.75, 3.05) is 27.2 Å². The summed E-state index contributed by atoms with van der Waals surface area (Å²) in [5.41, 5.74) is 0.610. The number of hydrogen-bond donors (Lipinski definition) is 1. The van der Waals surface area contributed by atoms with E-state index in [1.165, 1.54) is 18.4 Å². The van der Waals surface area contributed by atoms with Crippen LogP contribution in [0, 0.1) is 0 Å². The van der Waals surface area contributed by atoms with Crippen LogP contribution in [-0.4, -0.2) is 49.9 Å². The van der Waals surface area contributed by atoms with Crippen molar-refractivity contribution in [2.45, 2.75) is 19.3 Å². The quantitative estimate of drug-likeness (QED) is 0.734. The molecule has 0 aliphatic heterocycles. The van der Waals surface area contributed by atoms with Crippen LogP contribution in [0.3, 0.4) is 0 Å². The lowest BCUT2D eigenvalue weighted by Gasteiger charge is -2.16. The molecule has 0 unspecified atom stereocenters. The van der Waals surface area contributed by atoms with Gasteiger partial charge in [0.1, 0.15) is 0 Å². The predicted octanol–water partition coefficient (Wildman–Crippen LogP) is 1.28. The summed E-state index contributed by atoms with van der Waals surface area (Å²) in [7, 11) is 3.02. The normalized spacial score (nSPS) is 10.0. The first-order chi connectivity index (χ1) is 10.0. The summed E-state index contributed by atoms with van der Waals surface area (Å²) >= 11 is 1.45. The van der Waals surface area contributed by atoms with E-state index in [1.54, 1.807) is 23.4 Å². The molecular formula is C14H20N2O4S. The maximum absolute atomic E-state index is 11.8. The monoisotopic (exact) mass is 312 g/mol. The molecule has 21 heavy (non-hydrogen) atoms. The average molecular weight is 312 g/mol. The third-order valence-electron chi connectivity index (χ3n) is 2.94. The molecule has 1 rings (SSSR count). The Kier molecular flexibility index (Phi) is 7.45. The minimum atomic E-state index is -0.279. The summed E-state index contributed by atoms with van der Waals surface area (Å²) in [5, 5.41) is 6.29. The van der Waals surface area contributed by atoms with E-state index >= 15 is 0 Å². The Balaban J connectivity index is 2.17. The molecule has 0 aliphatic carbocycles. The number of nitrogens with one attached hydrogen (secondary N) is 1. The van der Waals surface area contributed by atoms with Gasteiger partial charge in [-0.3, -0.25) is 14.4 Å². The third kappa shape index (κ3) is 6.40. The topological polar surface area (TPSA) is 75.7 Å². The first-order valence-corrected chi connectivity index (χ1v) is 7.60. The fourth-order valence-corrected chi connectivity index (χ4v) is 2.29. The molecule has 0 aliphatic rings. The smallest absolute Gasteiger partial charge is 0.305 e. The summed E-state index contributed by atoms with van der Waals surface area (Å²) in [4.78, 5) is 36.0. The number of thiophene rings is 1. The Hall–Kier alpha value is -1.89. The van der Waals surface area contributed by atoms with Gasteiger partial charge in [0, 0.05) is 43.9 Å². The third-order valence-corrected chi connectivity index (χ3v) is 3.62. The van der Waals surface area contributed by atoms with E-state index in [2.05, 4.69) is 10.1 Å². The lowest BCUT2D eigenvalue weighted by Crippen LogP contribution is -2.32. The molecule has 1 N–H and O–H groups in total. The Morgan fingerprint density at radius 2 is 2.10 bits per heavy atom. The lowest BCUT2D eigenvalue weighted by molar-refractivity contribution is -0.141. The fraction of sp³-hybridized carbons (Fsp3) is 0.500. The van der Waals surface area contributed by atoms with Crippen molar-refractivity contribution in [3.8, 4) is 0 Å². The van der Waals surface area contributed by atoms with Gasteiger partial charge in [-0.25, -0.2) is 0 Å². The molecule has 2 amide bonds. The summed E-state index contributed by atoms with van der Waals surface area (Å²) in [6.45, 7) is 0.793. The Labute approximate surface area is 128 Å². The summed E-state index contributed by atoms with van der Waals surface area (Å²) in [6.07, 6.45) is 1.10. The van der Waals surface area contributed by atoms with Crippen LogP contribution in [-0.2, 0) is 14.3 Å². The number of carbonyl (C=O) groups excluding carboxylic acids is 3. The van der Waals surface area contributed by atoms with E-state index in [1.807, 2.05) is 5.38 Å². The van der Waals surface area contributed by atoms with Crippen LogP contribution in [0.5, 0.6) is 0 Å². The maximum Gasteiger partial charge on any atom is 0.305 e. The van der Waals surface area contributed by atoms with Gasteiger partial charge in [-0.1, -0.05) is 0 Å². The molecule has 7 heteroatoms. The molecule has 0 radical (unpaired) electrons. The number of ether oxygens (including phenoxy) is 1. The predicted molar refractivity (Wildman–Crippen MR) is 80.2 cm³/mol. The van der Waals surface area contributed by atoms with Crippen LogP contribution in [0.2, 0.25) is 0 Å². The van der Waals surface area contributed by atoms with Crippen LogP contribution in [0.15, 0.2) is 16.8 Å². The van der Waals surface area contributed by atoms with Crippen LogP contribution < -0.4 is 5.32 Å². The molecular weight excluding hydrogens is 292 g/mol. The molecule has 0 bridgehead atoms. The van der Waals surface area contributed by atoms with E-state index in [0.717, 1.165) is 0 Å². The van der Waals surface area contributed by atoms with Crippen LogP contribution in [0.1, 0.15) is 29.6 Å². The molecule has 0 aromatic carbocycles. The van der Waals surface area contributed by atoms with Gasteiger partial charge >= 0.3 is 5.97 Å². The molecule has 0 saturated heterocycles. The van der Waals surface area contributed by atoms with Crippen molar-refractivity contribution in [3.05, 3.63) is 22.4 Å². The number of methoxy groups -OCH3 is 1. The number of rotatable bonds is 8. The standard InChI is InChI=1S/C14H20N2O4S/c1-16(8-3-4-13(18)20-2)12(17)5-7-15-14(19)11-6-9-21-10-11/h6,9-10H,3-5,7-8H2,1-2H3,(H,15,19). The number of nitrogens with zero attached hydrogens (tertiary/aromatic N) is 1. The average Bonchev–Trinajstić information content (AvgIpc) is 3.00. The van der Waals surface area contributed by atoms with Crippen molar-refractivity contribution in [1.29, 1.82) is 0 Å². The van der Waals surface area contributed by atoms with E-state index in [0.29, 0.717) is 31.5 Å². The highest BCUT2D eigenvalue weighted by Gasteiger charge is 2.11. The van der Waals surface area contributed by atoms with E-state index in [9.17, 15) is 14.4 Å². The first-order valence-electron chi connectivity index (χ1n) is 6.65. The maximum atomic E-state index is 11.8. The van der Waals surface area contributed by atoms with Gasteiger partial charge in [-0.15, -0.1) is 0 Å². The Morgan fingerprint density at radius 1 is 1.33 bits per heavy atom. The number of esters is 1. The number of carbonyl (C=O) groups is 3. The second kappa shape index (κ2) is 9.12. The number of hydrogen-bond acceptors (Lipinski definition) is 5. The molecule has 116 valence electrons. The van der Waals surface area contributed by atoms with Crippen LogP contribution >= 0.6 is 11.3 Å². The molecule has 0 spiro atoms. The van der Waals surface area contributed by atoms with Gasteiger partial charge < -0.3 is 15.0 Å². The highest BCUT2D eigenvalue weighted by atomic mass is 32.1. The Morgan fingerprint density at radius 3 is 2.71 bits per heavy atom. The summed E-state index contributed by atoms with van der Waals surface area (Å²) in [5.74, 6) is -0.512. The van der Waals surface area contributed by atoms with Crippen molar-refractivity contribution in [1.82, 2.24) is 10.2 Å². The minimum Gasteiger partial charge on any atom is -0.469 e. The van der Waals surface area contributed by atoms with Crippen molar-refractivity contribution < 1.29 is 19.1 Å². The van der Waals surface area contributed by atoms with Crippen LogP contribution in [0.25, 0.3) is 0 Å². The highest BCUT2D eigenvalue weighted by Crippen LogP contribution is 2.05. The molecule has 0 atom stereocenters. The van der Waals surface area contributed by atoms with Gasteiger partial charge in [0.15, 0.2) is 0 Å². The first kappa shape index (κ1) is 17.2. The SMILES string of the molecule is COC(=O)CCCN(C)C(=O)CCNC(=O)c1ccsc1. The highest BCUT2D eigenvalue weighted by molar-refractivity contribution is 7.08. The van der Waals surface area contributed by atoms with Gasteiger partial charge in [-0.05, 0) is 17.9 Å². The van der Waals surface area contributed by atoms with Gasteiger partial charge in [-0.2, -0.15) is 11.3 Å². The van der Waals surface area contributed by atoms with E-state index < -0.39 is 0 Å². The largest absolute Gasteiger partial charge is 0.469 e. The summed E-state index contributed by atoms with van der Waals surface area (Å²) in [6, 6.07) is 1.74. The Bertz CT molecular complexity index is 473. The van der Waals surface area contributed by atoms with Gasteiger partial charge in [0.2, 0.25) is 5.91 Å². The fourth-order valence-electron chi connectivity index (χ4n) is 1.66. The molecule has 1 aromatic heterocycles. The zero-order valence-corrected chi connectivity index (χ0v) is 13.1. The van der Waals surface area contributed by atoms with Crippen LogP contribution in [0.4, 0.5) is 0 Å². The molecule has 0 fully saturated rings. The molecule has 1 aromatic rings. The second-order valence-electron chi connectivity index (χ2n) is 4.51. The second-order valence-corrected chi connectivity index (χ2v) is 5.29. The molecule has 1 heterocycles. The van der Waals surface area contributed by atoms with Crippen molar-refractivity contribution >= 4 is 29.1 Å².